The second-order valence-electron chi connectivity index (χ2n) is 5.92. The molecule has 0 aromatic heterocycles. The van der Waals surface area contributed by atoms with Crippen LogP contribution in [0.15, 0.2) is 24.3 Å². The minimum atomic E-state index is -2.38. The van der Waals surface area contributed by atoms with E-state index in [1.165, 1.54) is 25.1 Å². The molecule has 1 fully saturated rings. The van der Waals surface area contributed by atoms with Crippen molar-refractivity contribution in [2.75, 3.05) is 19.6 Å². The van der Waals surface area contributed by atoms with E-state index in [4.69, 9.17) is 0 Å². The Balaban J connectivity index is 1.71. The van der Waals surface area contributed by atoms with Crippen molar-refractivity contribution in [3.05, 3.63) is 35.4 Å². The highest BCUT2D eigenvalue weighted by molar-refractivity contribution is 5.23. The molecule has 0 spiro atoms. The zero-order valence-corrected chi connectivity index (χ0v) is 12.3. The lowest BCUT2D eigenvalue weighted by Gasteiger charge is -2.20. The molecule has 1 N–H and O–H groups in total. The Labute approximate surface area is 120 Å². The quantitative estimate of drug-likeness (QED) is 0.860. The van der Waals surface area contributed by atoms with Crippen LogP contribution in [0.25, 0.3) is 0 Å². The van der Waals surface area contributed by atoms with Crippen LogP contribution in [0.2, 0.25) is 0 Å². The van der Waals surface area contributed by atoms with Crippen LogP contribution in [0.4, 0.5) is 8.78 Å². The van der Waals surface area contributed by atoms with Crippen molar-refractivity contribution in [1.29, 1.82) is 0 Å². The molecular weight excluding hydrogens is 258 g/mol. The molecule has 112 valence electrons. The first-order valence-electron chi connectivity index (χ1n) is 7.38. The standard InChI is InChI=1S/C16H24F2N2/c1-12(2)20-8-7-14(11-20)10-19-9-13-3-5-15(6-4-13)16(17)18/h3-6,12,14,16,19H,7-11H2,1-2H3. The maximum absolute atomic E-state index is 12.4. The summed E-state index contributed by atoms with van der Waals surface area (Å²) in [5.74, 6) is 0.706. The highest BCUT2D eigenvalue weighted by Crippen LogP contribution is 2.19. The molecule has 4 heteroatoms. The van der Waals surface area contributed by atoms with Crippen LogP contribution in [0.1, 0.15) is 37.8 Å². The second kappa shape index (κ2) is 7.14. The molecule has 1 atom stereocenters. The molecule has 0 saturated carbocycles. The zero-order chi connectivity index (χ0) is 14.5. The summed E-state index contributed by atoms with van der Waals surface area (Å²) in [6.45, 7) is 8.57. The Morgan fingerprint density at radius 2 is 1.95 bits per heavy atom. The molecule has 20 heavy (non-hydrogen) atoms. The monoisotopic (exact) mass is 282 g/mol. The Hall–Kier alpha value is -1.00. The van der Waals surface area contributed by atoms with Gasteiger partial charge in [0.25, 0.3) is 6.43 Å². The molecule has 0 bridgehead atoms. The topological polar surface area (TPSA) is 15.3 Å². The van der Waals surface area contributed by atoms with Crippen LogP contribution in [0, 0.1) is 5.92 Å². The van der Waals surface area contributed by atoms with Gasteiger partial charge in [-0.25, -0.2) is 8.78 Å². The summed E-state index contributed by atoms with van der Waals surface area (Å²) in [7, 11) is 0. The molecule has 0 radical (unpaired) electrons. The van der Waals surface area contributed by atoms with Crippen LogP contribution in [0.3, 0.4) is 0 Å². The van der Waals surface area contributed by atoms with Gasteiger partial charge in [0.2, 0.25) is 0 Å². The Bertz CT molecular complexity index is 403. The molecule has 1 aliphatic heterocycles. The minimum absolute atomic E-state index is 0.0946. The lowest BCUT2D eigenvalue weighted by Crippen LogP contribution is -2.30. The Morgan fingerprint density at radius 3 is 2.50 bits per heavy atom. The van der Waals surface area contributed by atoms with Crippen LogP contribution in [0.5, 0.6) is 0 Å². The fourth-order valence-corrected chi connectivity index (χ4v) is 2.70. The van der Waals surface area contributed by atoms with E-state index in [1.54, 1.807) is 12.1 Å². The molecule has 2 rings (SSSR count). The summed E-state index contributed by atoms with van der Waals surface area (Å²) in [5.41, 5.74) is 1.16. The SMILES string of the molecule is CC(C)N1CCC(CNCc2ccc(C(F)F)cc2)C1. The number of alkyl halides is 2. The summed E-state index contributed by atoms with van der Waals surface area (Å²) in [4.78, 5) is 2.50. The van der Waals surface area contributed by atoms with E-state index >= 15 is 0 Å². The normalized spacial score (nSPS) is 20.2. The van der Waals surface area contributed by atoms with Crippen molar-refractivity contribution in [1.82, 2.24) is 10.2 Å². The van der Waals surface area contributed by atoms with E-state index in [-0.39, 0.29) is 5.56 Å². The molecule has 1 aliphatic rings. The average molecular weight is 282 g/mol. The predicted octanol–water partition coefficient (Wildman–Crippen LogP) is 3.44. The number of nitrogens with zero attached hydrogens (tertiary/aromatic N) is 1. The van der Waals surface area contributed by atoms with E-state index in [0.29, 0.717) is 12.0 Å². The molecule has 0 aliphatic carbocycles. The van der Waals surface area contributed by atoms with E-state index in [2.05, 4.69) is 24.1 Å². The smallest absolute Gasteiger partial charge is 0.263 e. The molecular formula is C16H24F2N2. The number of hydrogen-bond donors (Lipinski definition) is 1. The first-order chi connectivity index (χ1) is 9.56. The number of halogens is 2. The summed E-state index contributed by atoms with van der Waals surface area (Å²) in [6, 6.07) is 7.21. The van der Waals surface area contributed by atoms with Gasteiger partial charge in [0.05, 0.1) is 0 Å². The molecule has 1 aromatic carbocycles. The molecule has 1 heterocycles. The number of likely N-dealkylation sites (tertiary alicyclic amines) is 1. The molecule has 1 saturated heterocycles. The number of rotatable bonds is 6. The summed E-state index contributed by atoms with van der Waals surface area (Å²) in [5, 5.41) is 3.44. The molecule has 1 aromatic rings. The van der Waals surface area contributed by atoms with Crippen LogP contribution >= 0.6 is 0 Å². The van der Waals surface area contributed by atoms with E-state index in [9.17, 15) is 8.78 Å². The summed E-state index contributed by atoms with van der Waals surface area (Å²) >= 11 is 0. The molecule has 1 unspecified atom stereocenters. The predicted molar refractivity (Wildman–Crippen MR) is 77.9 cm³/mol. The van der Waals surface area contributed by atoms with Crippen LogP contribution in [-0.2, 0) is 6.54 Å². The lowest BCUT2D eigenvalue weighted by atomic mass is 10.1. The largest absolute Gasteiger partial charge is 0.312 e. The third-order valence-electron chi connectivity index (χ3n) is 4.04. The Kier molecular flexibility index (Phi) is 5.49. The van der Waals surface area contributed by atoms with E-state index in [0.717, 1.165) is 25.2 Å². The van der Waals surface area contributed by atoms with Crippen LogP contribution < -0.4 is 5.32 Å². The van der Waals surface area contributed by atoms with Gasteiger partial charge in [-0.3, -0.25) is 0 Å². The maximum atomic E-state index is 12.4. The van der Waals surface area contributed by atoms with Crippen molar-refractivity contribution >= 4 is 0 Å². The third kappa shape index (κ3) is 4.25. The van der Waals surface area contributed by atoms with Gasteiger partial charge >= 0.3 is 0 Å². The van der Waals surface area contributed by atoms with Gasteiger partial charge in [-0.05, 0) is 44.8 Å². The zero-order valence-electron chi connectivity index (χ0n) is 12.3. The van der Waals surface area contributed by atoms with Crippen molar-refractivity contribution in [3.8, 4) is 0 Å². The van der Waals surface area contributed by atoms with Crippen LogP contribution in [-0.4, -0.2) is 30.6 Å². The minimum Gasteiger partial charge on any atom is -0.312 e. The highest BCUT2D eigenvalue weighted by Gasteiger charge is 2.23. The number of benzene rings is 1. The average Bonchev–Trinajstić information content (AvgIpc) is 2.88. The van der Waals surface area contributed by atoms with Crippen molar-refractivity contribution < 1.29 is 8.78 Å². The lowest BCUT2D eigenvalue weighted by molar-refractivity contribution is 0.151. The van der Waals surface area contributed by atoms with Gasteiger partial charge in [-0.15, -0.1) is 0 Å². The van der Waals surface area contributed by atoms with Gasteiger partial charge in [0.15, 0.2) is 0 Å². The summed E-state index contributed by atoms with van der Waals surface area (Å²) in [6.07, 6.45) is -1.13. The molecule has 2 nitrogen and oxygen atoms in total. The number of nitrogens with one attached hydrogen (secondary N) is 1. The van der Waals surface area contributed by atoms with Crippen molar-refractivity contribution in [2.24, 2.45) is 5.92 Å². The first-order valence-corrected chi connectivity index (χ1v) is 7.38. The van der Waals surface area contributed by atoms with Gasteiger partial charge in [-0.2, -0.15) is 0 Å². The third-order valence-corrected chi connectivity index (χ3v) is 4.04. The van der Waals surface area contributed by atoms with E-state index in [1.807, 2.05) is 0 Å². The van der Waals surface area contributed by atoms with E-state index < -0.39 is 6.43 Å². The first kappa shape index (κ1) is 15.4. The summed E-state index contributed by atoms with van der Waals surface area (Å²) < 4.78 is 24.9. The van der Waals surface area contributed by atoms with Crippen molar-refractivity contribution in [3.63, 3.8) is 0 Å². The fraction of sp³-hybridized carbons (Fsp3) is 0.625. The Morgan fingerprint density at radius 1 is 1.25 bits per heavy atom. The van der Waals surface area contributed by atoms with Gasteiger partial charge in [0, 0.05) is 24.7 Å². The highest BCUT2D eigenvalue weighted by atomic mass is 19.3. The van der Waals surface area contributed by atoms with Crippen molar-refractivity contribution in [2.45, 2.75) is 39.3 Å². The maximum Gasteiger partial charge on any atom is 0.263 e. The van der Waals surface area contributed by atoms with Gasteiger partial charge in [-0.1, -0.05) is 24.3 Å². The fourth-order valence-electron chi connectivity index (χ4n) is 2.70. The second-order valence-corrected chi connectivity index (χ2v) is 5.92. The number of hydrogen-bond acceptors (Lipinski definition) is 2. The van der Waals surface area contributed by atoms with Gasteiger partial charge < -0.3 is 10.2 Å². The van der Waals surface area contributed by atoms with Gasteiger partial charge in [0.1, 0.15) is 0 Å². The molecule has 0 amide bonds.